The molecule has 130 valence electrons. The molecule has 0 radical (unpaired) electrons. The number of hydrogen-bond donors (Lipinski definition) is 2. The van der Waals surface area contributed by atoms with Crippen molar-refractivity contribution >= 4 is 20.9 Å². The molecule has 2 N–H and O–H groups in total. The van der Waals surface area contributed by atoms with Crippen LogP contribution in [0.5, 0.6) is 0 Å². The summed E-state index contributed by atoms with van der Waals surface area (Å²) in [5, 5.41) is 1.10. The Balaban J connectivity index is 1.67. The largest absolute Gasteiger partial charge is 0.358 e. The fourth-order valence-electron chi connectivity index (χ4n) is 4.24. The molecule has 1 aromatic carbocycles. The third-order valence-electron chi connectivity index (χ3n) is 5.56. The number of nitrogens with one attached hydrogen (secondary N) is 2. The highest BCUT2D eigenvalue weighted by Gasteiger charge is 2.23. The summed E-state index contributed by atoms with van der Waals surface area (Å²) in [4.78, 5) is 3.91. The van der Waals surface area contributed by atoms with E-state index in [9.17, 15) is 8.42 Å². The molecule has 24 heavy (non-hydrogen) atoms. The quantitative estimate of drug-likeness (QED) is 0.824. The lowest BCUT2D eigenvalue weighted by molar-refractivity contribution is 0.412. The van der Waals surface area contributed by atoms with Crippen molar-refractivity contribution in [3.05, 3.63) is 29.5 Å². The number of rotatable bonds is 3. The minimum absolute atomic E-state index is 0.0998. The van der Waals surface area contributed by atoms with Crippen LogP contribution < -0.4 is 4.72 Å². The van der Waals surface area contributed by atoms with Gasteiger partial charge in [-0.05, 0) is 62.3 Å². The van der Waals surface area contributed by atoms with E-state index in [2.05, 4.69) is 9.71 Å². The van der Waals surface area contributed by atoms with Gasteiger partial charge < -0.3 is 4.98 Å². The molecule has 0 spiro atoms. The van der Waals surface area contributed by atoms with Crippen molar-refractivity contribution in [3.63, 3.8) is 0 Å². The van der Waals surface area contributed by atoms with Gasteiger partial charge in [0.15, 0.2) is 0 Å². The van der Waals surface area contributed by atoms with E-state index in [1.807, 2.05) is 12.1 Å². The van der Waals surface area contributed by atoms with E-state index in [1.54, 1.807) is 6.07 Å². The van der Waals surface area contributed by atoms with Crippen LogP contribution in [-0.4, -0.2) is 19.4 Å². The van der Waals surface area contributed by atoms with Crippen LogP contribution in [0.3, 0.4) is 0 Å². The van der Waals surface area contributed by atoms with Gasteiger partial charge in [-0.3, -0.25) is 0 Å². The fraction of sp³-hybridized carbons (Fsp3) is 0.579. The van der Waals surface area contributed by atoms with E-state index < -0.39 is 10.0 Å². The van der Waals surface area contributed by atoms with Gasteiger partial charge in [-0.2, -0.15) is 0 Å². The Morgan fingerprint density at radius 2 is 1.71 bits per heavy atom. The lowest BCUT2D eigenvalue weighted by Crippen LogP contribution is -2.36. The van der Waals surface area contributed by atoms with E-state index in [-0.39, 0.29) is 6.04 Å². The highest BCUT2D eigenvalue weighted by molar-refractivity contribution is 7.89. The van der Waals surface area contributed by atoms with Gasteiger partial charge in [0.2, 0.25) is 10.0 Å². The van der Waals surface area contributed by atoms with Crippen LogP contribution in [0, 0.1) is 0 Å². The second kappa shape index (κ2) is 6.52. The maximum Gasteiger partial charge on any atom is 0.240 e. The second-order valence-corrected chi connectivity index (χ2v) is 9.02. The van der Waals surface area contributed by atoms with Gasteiger partial charge >= 0.3 is 0 Å². The zero-order chi connectivity index (χ0) is 16.6. The molecule has 0 unspecified atom stereocenters. The van der Waals surface area contributed by atoms with Crippen LogP contribution in [0.25, 0.3) is 10.9 Å². The van der Waals surface area contributed by atoms with E-state index in [1.165, 1.54) is 36.9 Å². The average Bonchev–Trinajstić information content (AvgIpc) is 2.75. The normalized spacial score (nSPS) is 20.0. The smallest absolute Gasteiger partial charge is 0.240 e. The fourth-order valence-corrected chi connectivity index (χ4v) is 5.57. The van der Waals surface area contributed by atoms with Crippen LogP contribution in [0.15, 0.2) is 23.1 Å². The third-order valence-corrected chi connectivity index (χ3v) is 7.08. The van der Waals surface area contributed by atoms with Crippen molar-refractivity contribution in [2.45, 2.75) is 75.1 Å². The van der Waals surface area contributed by atoms with Gasteiger partial charge in [0.05, 0.1) is 4.90 Å². The van der Waals surface area contributed by atoms with Gasteiger partial charge in [-0.1, -0.05) is 25.7 Å². The van der Waals surface area contributed by atoms with E-state index in [0.717, 1.165) is 49.4 Å². The molecule has 0 aliphatic heterocycles. The summed E-state index contributed by atoms with van der Waals surface area (Å²) >= 11 is 0. The van der Waals surface area contributed by atoms with Crippen molar-refractivity contribution in [2.75, 3.05) is 0 Å². The summed E-state index contributed by atoms with van der Waals surface area (Å²) in [6.45, 7) is 0. The molecule has 0 saturated heterocycles. The molecular formula is C19H26N2O2S. The van der Waals surface area contributed by atoms with Crippen molar-refractivity contribution in [1.82, 2.24) is 9.71 Å². The van der Waals surface area contributed by atoms with Gasteiger partial charge in [0.1, 0.15) is 0 Å². The molecule has 0 bridgehead atoms. The number of hydrogen-bond acceptors (Lipinski definition) is 2. The number of aromatic amines is 1. The Hall–Kier alpha value is -1.33. The zero-order valence-electron chi connectivity index (χ0n) is 14.1. The molecule has 1 heterocycles. The lowest BCUT2D eigenvalue weighted by atomic mass is 9.96. The summed E-state index contributed by atoms with van der Waals surface area (Å²) in [5.74, 6) is 0. The van der Waals surface area contributed by atoms with Gasteiger partial charge in [-0.25, -0.2) is 13.1 Å². The highest BCUT2D eigenvalue weighted by Crippen LogP contribution is 2.30. The van der Waals surface area contributed by atoms with Crippen molar-refractivity contribution in [1.29, 1.82) is 0 Å². The van der Waals surface area contributed by atoms with E-state index in [4.69, 9.17) is 0 Å². The molecule has 2 aliphatic rings. The molecule has 5 heteroatoms. The number of aromatic nitrogens is 1. The van der Waals surface area contributed by atoms with Crippen molar-refractivity contribution in [3.8, 4) is 0 Å². The van der Waals surface area contributed by atoms with Gasteiger partial charge in [0, 0.05) is 22.6 Å². The Bertz CT molecular complexity index is 832. The van der Waals surface area contributed by atoms with E-state index in [0.29, 0.717) is 4.90 Å². The first-order valence-corrected chi connectivity index (χ1v) is 10.8. The number of fused-ring (bicyclic) bond motifs is 3. The molecule has 0 amide bonds. The summed E-state index contributed by atoms with van der Waals surface area (Å²) in [6.07, 6.45) is 11.2. The first kappa shape index (κ1) is 16.2. The van der Waals surface area contributed by atoms with Crippen LogP contribution in [0.2, 0.25) is 0 Å². The molecule has 4 nitrogen and oxygen atoms in total. The van der Waals surface area contributed by atoms with Gasteiger partial charge in [-0.15, -0.1) is 0 Å². The standard InChI is InChI=1S/C19H26N2O2S/c22-24(23,21-14-7-3-1-4-8-14)15-11-12-19-17(13-15)16-9-5-2-6-10-18(16)20-19/h11-14,20-21H,1-10H2. The number of sulfonamides is 1. The summed E-state index contributed by atoms with van der Waals surface area (Å²) in [6, 6.07) is 5.65. The van der Waals surface area contributed by atoms with Crippen molar-refractivity contribution in [2.24, 2.45) is 0 Å². The lowest BCUT2D eigenvalue weighted by Gasteiger charge is -2.22. The summed E-state index contributed by atoms with van der Waals surface area (Å²) in [5.41, 5.74) is 3.70. The highest BCUT2D eigenvalue weighted by atomic mass is 32.2. The molecule has 1 saturated carbocycles. The van der Waals surface area contributed by atoms with Gasteiger partial charge in [0.25, 0.3) is 0 Å². The molecule has 1 fully saturated rings. The Kier molecular flexibility index (Phi) is 4.39. The topological polar surface area (TPSA) is 62.0 Å². The monoisotopic (exact) mass is 346 g/mol. The van der Waals surface area contributed by atoms with Crippen LogP contribution in [0.4, 0.5) is 0 Å². The predicted octanol–water partition coefficient (Wildman–Crippen LogP) is 4.05. The minimum Gasteiger partial charge on any atom is -0.358 e. The zero-order valence-corrected chi connectivity index (χ0v) is 14.9. The van der Waals surface area contributed by atoms with E-state index >= 15 is 0 Å². The molecule has 4 rings (SSSR count). The maximum atomic E-state index is 12.8. The Morgan fingerprint density at radius 1 is 0.958 bits per heavy atom. The van der Waals surface area contributed by atoms with Crippen LogP contribution >= 0.6 is 0 Å². The second-order valence-electron chi connectivity index (χ2n) is 7.31. The molecule has 1 aromatic heterocycles. The summed E-state index contributed by atoms with van der Waals surface area (Å²) in [7, 11) is -3.43. The number of aryl methyl sites for hydroxylation is 2. The first-order chi connectivity index (χ1) is 11.6. The van der Waals surface area contributed by atoms with Crippen LogP contribution in [0.1, 0.15) is 62.6 Å². The van der Waals surface area contributed by atoms with Crippen molar-refractivity contribution < 1.29 is 8.42 Å². The molecular weight excluding hydrogens is 320 g/mol. The first-order valence-electron chi connectivity index (χ1n) is 9.29. The third kappa shape index (κ3) is 3.11. The SMILES string of the molecule is O=S(=O)(NC1CCCCC1)c1ccc2[nH]c3c(c2c1)CCCCC3. The van der Waals surface area contributed by atoms with Crippen LogP contribution in [-0.2, 0) is 22.9 Å². The molecule has 0 atom stereocenters. The minimum atomic E-state index is -3.43. The summed E-state index contributed by atoms with van der Waals surface area (Å²) < 4.78 is 28.5. The average molecular weight is 346 g/mol. The Labute approximate surface area is 144 Å². The predicted molar refractivity (Wildman–Crippen MR) is 96.8 cm³/mol. The maximum absolute atomic E-state index is 12.8. The number of H-pyrrole nitrogens is 1. The molecule has 2 aromatic rings. The number of benzene rings is 1. The Morgan fingerprint density at radius 3 is 2.54 bits per heavy atom. The molecule has 2 aliphatic carbocycles.